The van der Waals surface area contributed by atoms with E-state index < -0.39 is 11.7 Å². The standard InChI is InChI=1S/C27H29FN2O2S/c1-16-9-12-18(13-10-16)29-25(32)23-20-14-11-17(27(2,3)4)15-22(20)33-26(23)30-24(31)19-7-5-6-8-21(19)28/h5-10,12-13,17H,11,14-15H2,1-4H3,(H,29,32)(H,30,31). The first-order valence-corrected chi connectivity index (χ1v) is 12.0. The maximum absolute atomic E-state index is 14.2. The fourth-order valence-corrected chi connectivity index (χ4v) is 5.62. The zero-order chi connectivity index (χ0) is 23.8. The van der Waals surface area contributed by atoms with Gasteiger partial charge in [-0.15, -0.1) is 11.3 Å². The molecule has 33 heavy (non-hydrogen) atoms. The largest absolute Gasteiger partial charge is 0.322 e. The molecule has 0 saturated carbocycles. The lowest BCUT2D eigenvalue weighted by Gasteiger charge is -2.33. The van der Waals surface area contributed by atoms with Gasteiger partial charge in [-0.05, 0) is 67.3 Å². The number of halogens is 1. The maximum atomic E-state index is 14.2. The van der Waals surface area contributed by atoms with E-state index in [0.29, 0.717) is 22.2 Å². The molecule has 0 aliphatic heterocycles. The lowest BCUT2D eigenvalue weighted by Crippen LogP contribution is -2.27. The Morgan fingerprint density at radius 1 is 1.00 bits per heavy atom. The number of hydrogen-bond donors (Lipinski definition) is 2. The Balaban J connectivity index is 1.69. The first-order chi connectivity index (χ1) is 15.6. The Bertz CT molecular complexity index is 1190. The van der Waals surface area contributed by atoms with Gasteiger partial charge in [0, 0.05) is 10.6 Å². The predicted molar refractivity (Wildman–Crippen MR) is 133 cm³/mol. The molecule has 1 aliphatic carbocycles. The average Bonchev–Trinajstić information content (AvgIpc) is 3.12. The van der Waals surface area contributed by atoms with Crippen LogP contribution in [0.5, 0.6) is 0 Å². The summed E-state index contributed by atoms with van der Waals surface area (Å²) in [6, 6.07) is 13.5. The van der Waals surface area contributed by atoms with E-state index >= 15 is 0 Å². The van der Waals surface area contributed by atoms with Gasteiger partial charge in [0.15, 0.2) is 0 Å². The molecule has 1 heterocycles. The molecular weight excluding hydrogens is 435 g/mol. The quantitative estimate of drug-likeness (QED) is 0.443. The fourth-order valence-electron chi connectivity index (χ4n) is 4.30. The summed E-state index contributed by atoms with van der Waals surface area (Å²) in [5.74, 6) is -0.903. The van der Waals surface area contributed by atoms with E-state index in [4.69, 9.17) is 0 Å². The molecular formula is C27H29FN2O2S. The Morgan fingerprint density at radius 2 is 1.70 bits per heavy atom. The number of aryl methyl sites for hydroxylation is 1. The molecule has 3 aromatic rings. The fraction of sp³-hybridized carbons (Fsp3) is 0.333. The van der Waals surface area contributed by atoms with Crippen LogP contribution in [0.15, 0.2) is 48.5 Å². The average molecular weight is 465 g/mol. The highest BCUT2D eigenvalue weighted by molar-refractivity contribution is 7.17. The molecule has 4 rings (SSSR count). The highest BCUT2D eigenvalue weighted by Gasteiger charge is 2.34. The van der Waals surface area contributed by atoms with Crippen LogP contribution in [-0.2, 0) is 12.8 Å². The number of carbonyl (C=O) groups is 2. The van der Waals surface area contributed by atoms with Crippen LogP contribution < -0.4 is 10.6 Å². The number of thiophene rings is 1. The zero-order valence-corrected chi connectivity index (χ0v) is 20.2. The van der Waals surface area contributed by atoms with Crippen molar-refractivity contribution in [2.75, 3.05) is 10.6 Å². The molecule has 0 fully saturated rings. The van der Waals surface area contributed by atoms with E-state index in [0.717, 1.165) is 35.3 Å². The van der Waals surface area contributed by atoms with Gasteiger partial charge in [0.1, 0.15) is 10.8 Å². The summed E-state index contributed by atoms with van der Waals surface area (Å²) in [4.78, 5) is 27.4. The van der Waals surface area contributed by atoms with Crippen molar-refractivity contribution in [3.8, 4) is 0 Å². The molecule has 1 aromatic heterocycles. The second-order valence-corrected chi connectivity index (χ2v) is 10.9. The van der Waals surface area contributed by atoms with Crippen LogP contribution in [0.4, 0.5) is 15.1 Å². The van der Waals surface area contributed by atoms with Gasteiger partial charge >= 0.3 is 0 Å². The monoisotopic (exact) mass is 464 g/mol. The van der Waals surface area contributed by atoms with E-state index in [2.05, 4.69) is 31.4 Å². The Labute approximate surface area is 198 Å². The normalized spacial score (nSPS) is 15.6. The third kappa shape index (κ3) is 5.01. The van der Waals surface area contributed by atoms with Crippen LogP contribution in [0, 0.1) is 24.1 Å². The molecule has 1 unspecified atom stereocenters. The Kier molecular flexibility index (Phi) is 6.39. The van der Waals surface area contributed by atoms with Crippen LogP contribution in [0.25, 0.3) is 0 Å². The number of amides is 2. The van der Waals surface area contributed by atoms with Gasteiger partial charge in [0.25, 0.3) is 11.8 Å². The topological polar surface area (TPSA) is 58.2 Å². The van der Waals surface area contributed by atoms with E-state index in [9.17, 15) is 14.0 Å². The van der Waals surface area contributed by atoms with Crippen LogP contribution in [-0.4, -0.2) is 11.8 Å². The number of benzene rings is 2. The van der Waals surface area contributed by atoms with Crippen LogP contribution >= 0.6 is 11.3 Å². The van der Waals surface area contributed by atoms with E-state index in [1.807, 2.05) is 31.2 Å². The van der Waals surface area contributed by atoms with Gasteiger partial charge in [-0.3, -0.25) is 9.59 Å². The minimum atomic E-state index is -0.588. The molecule has 6 heteroatoms. The zero-order valence-electron chi connectivity index (χ0n) is 19.4. The second kappa shape index (κ2) is 9.10. The Hall–Kier alpha value is -2.99. The maximum Gasteiger partial charge on any atom is 0.259 e. The van der Waals surface area contributed by atoms with Crippen molar-refractivity contribution in [2.45, 2.75) is 47.0 Å². The first kappa shape index (κ1) is 23.2. The lowest BCUT2D eigenvalue weighted by atomic mass is 9.72. The van der Waals surface area contributed by atoms with Crippen LogP contribution in [0.1, 0.15) is 63.9 Å². The number of hydrogen-bond acceptors (Lipinski definition) is 3. The molecule has 1 atom stereocenters. The van der Waals surface area contributed by atoms with Gasteiger partial charge in [0.2, 0.25) is 0 Å². The molecule has 0 spiro atoms. The molecule has 4 nitrogen and oxygen atoms in total. The number of nitrogens with one attached hydrogen (secondary N) is 2. The molecule has 0 bridgehead atoms. The molecule has 2 aromatic carbocycles. The smallest absolute Gasteiger partial charge is 0.259 e. The summed E-state index contributed by atoms with van der Waals surface area (Å²) in [5.41, 5.74) is 3.40. The van der Waals surface area contributed by atoms with Crippen LogP contribution in [0.2, 0.25) is 0 Å². The van der Waals surface area contributed by atoms with E-state index in [-0.39, 0.29) is 16.9 Å². The third-order valence-corrected chi connectivity index (χ3v) is 7.54. The van der Waals surface area contributed by atoms with Crippen LogP contribution in [0.3, 0.4) is 0 Å². The Morgan fingerprint density at radius 3 is 2.36 bits per heavy atom. The molecule has 172 valence electrons. The molecule has 2 N–H and O–H groups in total. The highest BCUT2D eigenvalue weighted by atomic mass is 32.1. The van der Waals surface area contributed by atoms with Crippen molar-refractivity contribution in [3.05, 3.63) is 81.5 Å². The number of fused-ring (bicyclic) bond motifs is 1. The van der Waals surface area contributed by atoms with Crippen molar-refractivity contribution in [1.82, 2.24) is 0 Å². The summed E-state index contributed by atoms with van der Waals surface area (Å²) >= 11 is 1.44. The van der Waals surface area contributed by atoms with Crippen molar-refractivity contribution in [3.63, 3.8) is 0 Å². The van der Waals surface area contributed by atoms with Gasteiger partial charge in [-0.25, -0.2) is 4.39 Å². The summed E-state index contributed by atoms with van der Waals surface area (Å²) < 4.78 is 14.2. The lowest BCUT2D eigenvalue weighted by molar-refractivity contribution is 0.102. The highest BCUT2D eigenvalue weighted by Crippen LogP contribution is 2.44. The molecule has 0 radical (unpaired) electrons. The van der Waals surface area contributed by atoms with Crippen molar-refractivity contribution in [2.24, 2.45) is 11.3 Å². The molecule has 0 saturated heterocycles. The van der Waals surface area contributed by atoms with Crippen molar-refractivity contribution < 1.29 is 14.0 Å². The summed E-state index contributed by atoms with van der Waals surface area (Å²) in [6.07, 6.45) is 2.63. The first-order valence-electron chi connectivity index (χ1n) is 11.2. The summed E-state index contributed by atoms with van der Waals surface area (Å²) in [5, 5.41) is 6.28. The minimum absolute atomic E-state index is 0.0404. The van der Waals surface area contributed by atoms with Gasteiger partial charge in [0.05, 0.1) is 11.1 Å². The predicted octanol–water partition coefficient (Wildman–Crippen LogP) is 6.85. The summed E-state index contributed by atoms with van der Waals surface area (Å²) in [6.45, 7) is 8.70. The third-order valence-electron chi connectivity index (χ3n) is 6.37. The second-order valence-electron chi connectivity index (χ2n) is 9.77. The molecule has 2 amide bonds. The molecule has 1 aliphatic rings. The number of rotatable bonds is 4. The van der Waals surface area contributed by atoms with E-state index in [1.165, 1.54) is 23.5 Å². The van der Waals surface area contributed by atoms with E-state index in [1.54, 1.807) is 12.1 Å². The number of carbonyl (C=O) groups excluding carboxylic acids is 2. The van der Waals surface area contributed by atoms with Gasteiger partial charge in [-0.2, -0.15) is 0 Å². The van der Waals surface area contributed by atoms with Crippen molar-refractivity contribution >= 4 is 33.8 Å². The number of anilines is 2. The van der Waals surface area contributed by atoms with Gasteiger partial charge in [-0.1, -0.05) is 50.6 Å². The summed E-state index contributed by atoms with van der Waals surface area (Å²) in [7, 11) is 0. The van der Waals surface area contributed by atoms with Crippen molar-refractivity contribution in [1.29, 1.82) is 0 Å². The van der Waals surface area contributed by atoms with Gasteiger partial charge < -0.3 is 10.6 Å². The SMILES string of the molecule is Cc1ccc(NC(=O)c2c(NC(=O)c3ccccc3F)sc3c2CCC(C(C)(C)C)C3)cc1. The minimum Gasteiger partial charge on any atom is -0.322 e.